The predicted octanol–water partition coefficient (Wildman–Crippen LogP) is 5.43. The van der Waals surface area contributed by atoms with E-state index in [1.54, 1.807) is 11.4 Å². The lowest BCUT2D eigenvalue weighted by molar-refractivity contribution is 0.0726. The van der Waals surface area contributed by atoms with E-state index in [1.165, 1.54) is 12.8 Å². The van der Waals surface area contributed by atoms with Gasteiger partial charge in [-0.25, -0.2) is 13.4 Å². The number of amides is 1. The molecule has 3 aliphatic heterocycles. The summed E-state index contributed by atoms with van der Waals surface area (Å²) in [5, 5.41) is 1.07. The average molecular weight is 643 g/mol. The van der Waals surface area contributed by atoms with Crippen molar-refractivity contribution in [1.29, 1.82) is 0 Å². The van der Waals surface area contributed by atoms with Gasteiger partial charge in [0.25, 0.3) is 5.91 Å². The molecule has 3 saturated heterocycles. The van der Waals surface area contributed by atoms with Crippen LogP contribution < -0.4 is 14.8 Å². The van der Waals surface area contributed by atoms with Crippen molar-refractivity contribution in [1.82, 2.24) is 19.0 Å². The molecule has 5 heterocycles. The fourth-order valence-electron chi connectivity index (χ4n) is 8.63. The molecule has 2 aliphatic carbocycles. The van der Waals surface area contributed by atoms with E-state index in [9.17, 15) is 13.2 Å². The number of hydrogen-bond donors (Lipinski definition) is 1. The minimum Gasteiger partial charge on any atom is -0.494 e. The van der Waals surface area contributed by atoms with Crippen LogP contribution in [0.1, 0.15) is 81.1 Å². The van der Waals surface area contributed by atoms with Crippen LogP contribution in [0.25, 0.3) is 33.5 Å². The third-order valence-electron chi connectivity index (χ3n) is 11.2. The van der Waals surface area contributed by atoms with Crippen LogP contribution >= 0.6 is 0 Å². The minimum atomic E-state index is -3.37. The molecule has 5 aliphatic rings. The van der Waals surface area contributed by atoms with Crippen molar-refractivity contribution in [3.05, 3.63) is 42.0 Å². The monoisotopic (exact) mass is 642 g/mol. The van der Waals surface area contributed by atoms with Crippen LogP contribution in [-0.4, -0.2) is 70.4 Å². The molecule has 0 unspecified atom stereocenters. The van der Waals surface area contributed by atoms with E-state index < -0.39 is 10.0 Å². The maximum atomic E-state index is 13.9. The van der Waals surface area contributed by atoms with Crippen LogP contribution in [0.3, 0.4) is 0 Å². The first-order chi connectivity index (χ1) is 22.2. The van der Waals surface area contributed by atoms with Crippen molar-refractivity contribution in [3.63, 3.8) is 0 Å². The van der Waals surface area contributed by atoms with E-state index in [0.717, 1.165) is 84.2 Å². The molecule has 46 heavy (non-hydrogen) atoms. The number of imidazole rings is 1. The van der Waals surface area contributed by atoms with E-state index in [4.69, 9.17) is 15.5 Å². The van der Waals surface area contributed by atoms with E-state index in [2.05, 4.69) is 27.3 Å². The second-order valence-electron chi connectivity index (χ2n) is 14.4. The van der Waals surface area contributed by atoms with Crippen LogP contribution in [0.2, 0.25) is 0 Å². The number of carbonyl (C=O) groups is 1. The number of sulfonamides is 1. The second-order valence-corrected chi connectivity index (χ2v) is 16.4. The number of anilines is 1. The molecule has 9 rings (SSSR count). The minimum absolute atomic E-state index is 0.0143. The van der Waals surface area contributed by atoms with E-state index in [1.807, 2.05) is 30.0 Å². The molecule has 0 spiro atoms. The number of nitrogens with zero attached hydrogens (tertiary/aromatic N) is 5. The van der Waals surface area contributed by atoms with Gasteiger partial charge in [-0.3, -0.25) is 9.10 Å². The average Bonchev–Trinajstić information content (AvgIpc) is 3.91. The number of ether oxygens (including phenoxy) is 1. The maximum absolute atomic E-state index is 13.9. The Kier molecular flexibility index (Phi) is 6.36. The summed E-state index contributed by atoms with van der Waals surface area (Å²) in [6, 6.07) is 12.7. The third kappa shape index (κ3) is 4.41. The molecule has 11 heteroatoms. The lowest BCUT2D eigenvalue weighted by Gasteiger charge is -2.34. The van der Waals surface area contributed by atoms with Gasteiger partial charge >= 0.3 is 0 Å². The molecular weight excluding hydrogens is 600 g/mol. The molecule has 1 amide bonds. The van der Waals surface area contributed by atoms with Gasteiger partial charge in [-0.05, 0) is 101 Å². The standard InChI is InChI=1S/C35H42N6O4S/c1-20-4-3-13-46(43,44)41(20)26-8-7-22-15-31(38(30(22)18-26)19-21-5-6-21)34-37-28-14-23(16-32(45-2)33(28)40(34)24-9-10-24)35(42)39-25-11-12-29(39)27(36)17-25/h7-8,14-16,18,20-21,24-25,27,29H,3-6,9-13,17,19,36H2,1-2H3/t20-,25-,27+,29+/m0/s1. The third-order valence-corrected chi connectivity index (χ3v) is 13.2. The zero-order valence-corrected chi connectivity index (χ0v) is 27.4. The van der Waals surface area contributed by atoms with Gasteiger partial charge in [0.15, 0.2) is 5.82 Å². The normalized spacial score (nSPS) is 27.3. The Morgan fingerprint density at radius 1 is 1.02 bits per heavy atom. The highest BCUT2D eigenvalue weighted by molar-refractivity contribution is 7.92. The van der Waals surface area contributed by atoms with Crippen molar-refractivity contribution < 1.29 is 17.9 Å². The van der Waals surface area contributed by atoms with Gasteiger partial charge in [-0.15, -0.1) is 0 Å². The number of benzene rings is 2. The number of nitrogens with two attached hydrogens (primary N) is 1. The van der Waals surface area contributed by atoms with Crippen molar-refractivity contribution in [2.75, 3.05) is 17.2 Å². The van der Waals surface area contributed by atoms with Crippen LogP contribution in [0.15, 0.2) is 36.4 Å². The second kappa shape index (κ2) is 10.2. The summed E-state index contributed by atoms with van der Waals surface area (Å²) < 4.78 is 38.7. The molecule has 5 fully saturated rings. The quantitative estimate of drug-likeness (QED) is 0.287. The van der Waals surface area contributed by atoms with Crippen LogP contribution in [0.5, 0.6) is 5.75 Å². The van der Waals surface area contributed by atoms with Crippen LogP contribution in [0.4, 0.5) is 5.69 Å². The van der Waals surface area contributed by atoms with Gasteiger partial charge in [0.2, 0.25) is 10.0 Å². The Balaban J connectivity index is 1.20. The highest BCUT2D eigenvalue weighted by Gasteiger charge is 2.47. The number of aromatic nitrogens is 3. The summed E-state index contributed by atoms with van der Waals surface area (Å²) in [7, 11) is -1.70. The highest BCUT2D eigenvalue weighted by Crippen LogP contribution is 2.46. The first kappa shape index (κ1) is 28.6. The van der Waals surface area contributed by atoms with Crippen molar-refractivity contribution >= 4 is 43.6 Å². The Hall–Kier alpha value is -3.57. The van der Waals surface area contributed by atoms with E-state index >= 15 is 0 Å². The van der Waals surface area contributed by atoms with Gasteiger partial charge in [0, 0.05) is 47.7 Å². The first-order valence-electron chi connectivity index (χ1n) is 17.1. The zero-order valence-electron chi connectivity index (χ0n) is 26.6. The van der Waals surface area contributed by atoms with Gasteiger partial charge in [-0.1, -0.05) is 6.07 Å². The summed E-state index contributed by atoms with van der Waals surface area (Å²) in [6.07, 6.45) is 8.91. The topological polar surface area (TPSA) is 116 Å². The van der Waals surface area contributed by atoms with Crippen LogP contribution in [0, 0.1) is 5.92 Å². The van der Waals surface area contributed by atoms with Crippen molar-refractivity contribution in [2.45, 2.75) is 101 Å². The smallest absolute Gasteiger partial charge is 0.254 e. The first-order valence-corrected chi connectivity index (χ1v) is 18.7. The number of hydrogen-bond acceptors (Lipinski definition) is 6. The summed E-state index contributed by atoms with van der Waals surface area (Å²) in [5.74, 6) is 2.34. The number of rotatable bonds is 7. The lowest BCUT2D eigenvalue weighted by Crippen LogP contribution is -2.44. The SMILES string of the molecule is COc1cc(C(=O)N2[C@H]3CC[C@@H]2[C@H](N)C3)cc2nc(-c3cc4ccc(N5[C@@H](C)CCCS5(=O)=O)cc4n3CC3CC3)n(C3CC3)c12. The van der Waals surface area contributed by atoms with Gasteiger partial charge in [-0.2, -0.15) is 0 Å². The van der Waals surface area contributed by atoms with Crippen LogP contribution in [-0.2, 0) is 16.6 Å². The predicted molar refractivity (Wildman–Crippen MR) is 179 cm³/mol. The molecule has 4 aromatic rings. The molecule has 2 aromatic carbocycles. The Labute approximate surface area is 269 Å². The summed E-state index contributed by atoms with van der Waals surface area (Å²) in [4.78, 5) is 21.2. The zero-order chi connectivity index (χ0) is 31.5. The molecule has 2 saturated carbocycles. The van der Waals surface area contributed by atoms with Crippen molar-refractivity contribution in [2.24, 2.45) is 11.7 Å². The van der Waals surface area contributed by atoms with E-state index in [-0.39, 0.29) is 35.8 Å². The molecule has 242 valence electrons. The Bertz CT molecular complexity index is 2010. The molecule has 0 radical (unpaired) electrons. The summed E-state index contributed by atoms with van der Waals surface area (Å²) in [5.41, 5.74) is 11.5. The molecule has 2 aromatic heterocycles. The van der Waals surface area contributed by atoms with Gasteiger partial charge < -0.3 is 24.5 Å². The molecule has 2 N–H and O–H groups in total. The molecule has 2 bridgehead atoms. The number of fused-ring (bicyclic) bond motifs is 4. The summed E-state index contributed by atoms with van der Waals surface area (Å²) in [6.45, 7) is 2.86. The van der Waals surface area contributed by atoms with Gasteiger partial charge in [0.1, 0.15) is 11.3 Å². The van der Waals surface area contributed by atoms with Gasteiger partial charge in [0.05, 0.1) is 35.3 Å². The Morgan fingerprint density at radius 2 is 1.83 bits per heavy atom. The largest absolute Gasteiger partial charge is 0.494 e. The molecule has 4 atom stereocenters. The maximum Gasteiger partial charge on any atom is 0.254 e. The molecular formula is C35H42N6O4S. The number of carbonyl (C=O) groups excluding carboxylic acids is 1. The fourth-order valence-corrected chi connectivity index (χ4v) is 10.4. The van der Waals surface area contributed by atoms with E-state index in [0.29, 0.717) is 29.7 Å². The Morgan fingerprint density at radius 3 is 2.50 bits per heavy atom. The van der Waals surface area contributed by atoms with Crippen molar-refractivity contribution in [3.8, 4) is 17.3 Å². The highest BCUT2D eigenvalue weighted by atomic mass is 32.2. The lowest BCUT2D eigenvalue weighted by atomic mass is 9.97. The fraction of sp³-hybridized carbons (Fsp3) is 0.543. The number of methoxy groups -OCH3 is 1. The summed E-state index contributed by atoms with van der Waals surface area (Å²) >= 11 is 0. The molecule has 10 nitrogen and oxygen atoms in total.